The third-order valence-corrected chi connectivity index (χ3v) is 4.13. The first-order valence-corrected chi connectivity index (χ1v) is 6.55. The summed E-state index contributed by atoms with van der Waals surface area (Å²) in [7, 11) is 4.04. The maximum atomic E-state index is 12.6. The molecule has 98 valence electrons. The Morgan fingerprint density at radius 3 is 2.29 bits per heavy atom. The van der Waals surface area contributed by atoms with Crippen LogP contribution in [0.2, 0.25) is 0 Å². The molecule has 2 heterocycles. The predicted octanol–water partition coefficient (Wildman–Crippen LogP) is -0.898. The molecule has 0 radical (unpaired) electrons. The van der Waals surface area contributed by atoms with Crippen LogP contribution in [0.1, 0.15) is 12.8 Å². The van der Waals surface area contributed by atoms with Gasteiger partial charge in [-0.15, -0.1) is 0 Å². The maximum absolute atomic E-state index is 12.6. The molecule has 0 aromatic carbocycles. The lowest BCUT2D eigenvalue weighted by Gasteiger charge is -2.43. The van der Waals surface area contributed by atoms with Crippen molar-refractivity contribution in [2.24, 2.45) is 0 Å². The highest BCUT2D eigenvalue weighted by Crippen LogP contribution is 2.24. The summed E-state index contributed by atoms with van der Waals surface area (Å²) in [6.45, 7) is 5.53. The summed E-state index contributed by atoms with van der Waals surface area (Å²) in [5.41, 5.74) is -0.316. The van der Waals surface area contributed by atoms with Gasteiger partial charge in [0.2, 0.25) is 5.91 Å². The van der Waals surface area contributed by atoms with Crippen molar-refractivity contribution in [1.29, 1.82) is 0 Å². The minimum absolute atomic E-state index is 0.301. The molecule has 0 spiro atoms. The fraction of sp³-hybridized carbons (Fsp3) is 0.917. The summed E-state index contributed by atoms with van der Waals surface area (Å²) in [6.07, 6.45) is 1.84. The van der Waals surface area contributed by atoms with Crippen molar-refractivity contribution >= 4 is 5.91 Å². The number of hydrogen-bond acceptors (Lipinski definition) is 4. The van der Waals surface area contributed by atoms with Gasteiger partial charge in [-0.05, 0) is 26.9 Å². The molecule has 1 amide bonds. The highest BCUT2D eigenvalue weighted by Gasteiger charge is 2.41. The second kappa shape index (κ2) is 5.33. The Morgan fingerprint density at radius 2 is 1.76 bits per heavy atom. The van der Waals surface area contributed by atoms with Crippen molar-refractivity contribution in [2.45, 2.75) is 18.4 Å². The van der Waals surface area contributed by atoms with Crippen molar-refractivity contribution in [2.75, 3.05) is 53.4 Å². The molecular weight excluding hydrogens is 216 g/mol. The normalized spacial score (nSPS) is 25.9. The molecule has 0 saturated carbocycles. The van der Waals surface area contributed by atoms with Crippen LogP contribution in [-0.2, 0) is 4.79 Å². The number of carbonyl (C=O) groups excluding carboxylic acids is 1. The summed E-state index contributed by atoms with van der Waals surface area (Å²) in [5, 5.41) is 6.58. The van der Waals surface area contributed by atoms with E-state index in [1.54, 1.807) is 0 Å². The van der Waals surface area contributed by atoms with Gasteiger partial charge in [-0.2, -0.15) is 0 Å². The fourth-order valence-corrected chi connectivity index (χ4v) is 2.74. The van der Waals surface area contributed by atoms with Crippen molar-refractivity contribution in [3.63, 3.8) is 0 Å². The lowest BCUT2D eigenvalue weighted by Crippen LogP contribution is -2.63. The van der Waals surface area contributed by atoms with E-state index in [1.165, 1.54) is 0 Å². The average molecular weight is 240 g/mol. The van der Waals surface area contributed by atoms with Crippen LogP contribution in [0, 0.1) is 0 Å². The second-order valence-electron chi connectivity index (χ2n) is 5.18. The molecule has 0 aromatic heterocycles. The van der Waals surface area contributed by atoms with E-state index < -0.39 is 0 Å². The Balaban J connectivity index is 2.03. The zero-order chi connectivity index (χ0) is 12.3. The van der Waals surface area contributed by atoms with Gasteiger partial charge in [-0.25, -0.2) is 0 Å². The number of likely N-dealkylation sites (N-methyl/N-ethyl adjacent to an activating group) is 1. The number of nitrogens with one attached hydrogen (secondary N) is 2. The van der Waals surface area contributed by atoms with Gasteiger partial charge in [0.15, 0.2) is 0 Å². The Hall–Kier alpha value is -0.650. The molecule has 2 N–H and O–H groups in total. The van der Waals surface area contributed by atoms with E-state index in [0.29, 0.717) is 5.91 Å². The maximum Gasteiger partial charge on any atom is 0.243 e. The smallest absolute Gasteiger partial charge is 0.243 e. The van der Waals surface area contributed by atoms with E-state index in [0.717, 1.165) is 52.1 Å². The lowest BCUT2D eigenvalue weighted by atomic mass is 9.86. The molecule has 5 nitrogen and oxygen atoms in total. The monoisotopic (exact) mass is 240 g/mol. The first-order valence-electron chi connectivity index (χ1n) is 6.55. The van der Waals surface area contributed by atoms with Gasteiger partial charge < -0.3 is 20.4 Å². The molecule has 2 saturated heterocycles. The SMILES string of the molecule is CNC1(C(=O)N2CCNCC2)CCN(C)CC1. The van der Waals surface area contributed by atoms with Crippen LogP contribution < -0.4 is 10.6 Å². The molecule has 0 unspecified atom stereocenters. The molecule has 0 aliphatic carbocycles. The minimum atomic E-state index is -0.316. The summed E-state index contributed by atoms with van der Waals surface area (Å²) in [5.74, 6) is 0.301. The zero-order valence-electron chi connectivity index (χ0n) is 11.0. The summed E-state index contributed by atoms with van der Waals surface area (Å²) in [4.78, 5) is 16.9. The molecule has 5 heteroatoms. The summed E-state index contributed by atoms with van der Waals surface area (Å²) in [6, 6.07) is 0. The first kappa shape index (κ1) is 12.8. The highest BCUT2D eigenvalue weighted by molar-refractivity contribution is 5.86. The Bertz CT molecular complexity index is 268. The van der Waals surface area contributed by atoms with Gasteiger partial charge in [0.25, 0.3) is 0 Å². The Labute approximate surface area is 104 Å². The van der Waals surface area contributed by atoms with Gasteiger partial charge in [0.05, 0.1) is 0 Å². The molecule has 0 atom stereocenters. The number of carbonyl (C=O) groups is 1. The average Bonchev–Trinajstić information content (AvgIpc) is 2.40. The van der Waals surface area contributed by atoms with Crippen molar-refractivity contribution in [3.8, 4) is 0 Å². The van der Waals surface area contributed by atoms with E-state index in [4.69, 9.17) is 0 Å². The van der Waals surface area contributed by atoms with Crippen LogP contribution in [0.5, 0.6) is 0 Å². The van der Waals surface area contributed by atoms with E-state index in [2.05, 4.69) is 22.6 Å². The van der Waals surface area contributed by atoms with Gasteiger partial charge in [0.1, 0.15) is 5.54 Å². The second-order valence-corrected chi connectivity index (χ2v) is 5.18. The van der Waals surface area contributed by atoms with Gasteiger partial charge in [-0.1, -0.05) is 0 Å². The van der Waals surface area contributed by atoms with Gasteiger partial charge in [0, 0.05) is 39.3 Å². The zero-order valence-corrected chi connectivity index (χ0v) is 11.0. The van der Waals surface area contributed by atoms with Crippen LogP contribution in [0.3, 0.4) is 0 Å². The van der Waals surface area contributed by atoms with E-state index >= 15 is 0 Å². The minimum Gasteiger partial charge on any atom is -0.339 e. The number of nitrogens with zero attached hydrogens (tertiary/aromatic N) is 2. The Kier molecular flexibility index (Phi) is 4.01. The van der Waals surface area contributed by atoms with Crippen molar-refractivity contribution in [3.05, 3.63) is 0 Å². The van der Waals surface area contributed by atoms with Crippen LogP contribution in [0.25, 0.3) is 0 Å². The van der Waals surface area contributed by atoms with Gasteiger partial charge >= 0.3 is 0 Å². The number of rotatable bonds is 2. The van der Waals surface area contributed by atoms with E-state index in [1.807, 2.05) is 11.9 Å². The molecule has 0 aromatic rings. The quantitative estimate of drug-likeness (QED) is 0.657. The lowest BCUT2D eigenvalue weighted by molar-refractivity contribution is -0.140. The summed E-state index contributed by atoms with van der Waals surface area (Å²) < 4.78 is 0. The molecule has 2 aliphatic rings. The molecule has 2 rings (SSSR count). The van der Waals surface area contributed by atoms with Crippen LogP contribution in [0.4, 0.5) is 0 Å². The Morgan fingerprint density at radius 1 is 1.18 bits per heavy atom. The number of amides is 1. The third kappa shape index (κ3) is 2.61. The number of piperazine rings is 1. The topological polar surface area (TPSA) is 47.6 Å². The predicted molar refractivity (Wildman–Crippen MR) is 68.0 cm³/mol. The largest absolute Gasteiger partial charge is 0.339 e. The first-order chi connectivity index (χ1) is 8.18. The van der Waals surface area contributed by atoms with Crippen molar-refractivity contribution < 1.29 is 4.79 Å². The summed E-state index contributed by atoms with van der Waals surface area (Å²) >= 11 is 0. The van der Waals surface area contributed by atoms with Crippen molar-refractivity contribution in [1.82, 2.24) is 20.4 Å². The molecule has 2 fully saturated rings. The van der Waals surface area contributed by atoms with Crippen LogP contribution >= 0.6 is 0 Å². The third-order valence-electron chi connectivity index (χ3n) is 4.13. The van der Waals surface area contributed by atoms with E-state index in [9.17, 15) is 4.79 Å². The van der Waals surface area contributed by atoms with Crippen LogP contribution in [-0.4, -0.2) is 74.6 Å². The molecule has 2 aliphatic heterocycles. The molecule has 0 bridgehead atoms. The number of hydrogen-bond donors (Lipinski definition) is 2. The molecule has 17 heavy (non-hydrogen) atoms. The number of piperidine rings is 1. The highest BCUT2D eigenvalue weighted by atomic mass is 16.2. The molecular formula is C12H24N4O. The standard InChI is InChI=1S/C12H24N4O/c1-13-12(3-7-15(2)8-4-12)11(17)16-9-5-14-6-10-16/h13-14H,3-10H2,1-2H3. The van der Waals surface area contributed by atoms with E-state index in [-0.39, 0.29) is 5.54 Å². The number of likely N-dealkylation sites (tertiary alicyclic amines) is 1. The van der Waals surface area contributed by atoms with Gasteiger partial charge in [-0.3, -0.25) is 4.79 Å². The van der Waals surface area contributed by atoms with Crippen LogP contribution in [0.15, 0.2) is 0 Å². The fourth-order valence-electron chi connectivity index (χ4n) is 2.74.